The van der Waals surface area contributed by atoms with Gasteiger partial charge in [0.15, 0.2) is 0 Å². The van der Waals surface area contributed by atoms with Crippen LogP contribution in [0.1, 0.15) is 30.3 Å². The molecule has 3 rings (SSSR count). The van der Waals surface area contributed by atoms with E-state index in [1.165, 1.54) is 22.6 Å². The molecule has 1 aromatic carbocycles. The first-order chi connectivity index (χ1) is 11.4. The molecule has 4 nitrogen and oxygen atoms in total. The number of sulfonamides is 1. The van der Waals surface area contributed by atoms with Crippen LogP contribution < -0.4 is 4.72 Å². The Morgan fingerprint density at radius 2 is 1.96 bits per heavy atom. The van der Waals surface area contributed by atoms with E-state index < -0.39 is 10.0 Å². The fourth-order valence-electron chi connectivity index (χ4n) is 3.27. The highest BCUT2D eigenvalue weighted by Crippen LogP contribution is 2.35. The smallest absolute Gasteiger partial charge is 0.240 e. The van der Waals surface area contributed by atoms with Crippen molar-refractivity contribution in [2.45, 2.75) is 37.2 Å². The first kappa shape index (κ1) is 17.9. The predicted octanol–water partition coefficient (Wildman–Crippen LogP) is 3.69. The van der Waals surface area contributed by atoms with Gasteiger partial charge in [-0.05, 0) is 61.5 Å². The second-order valence-electron chi connectivity index (χ2n) is 6.13. The molecule has 1 aliphatic rings. The molecule has 1 aromatic heterocycles. The van der Waals surface area contributed by atoms with Gasteiger partial charge in [0.25, 0.3) is 0 Å². The lowest BCUT2D eigenvalue weighted by atomic mass is 9.97. The van der Waals surface area contributed by atoms with Crippen molar-refractivity contribution in [1.82, 2.24) is 9.62 Å². The van der Waals surface area contributed by atoms with Crippen molar-refractivity contribution in [2.24, 2.45) is 0 Å². The van der Waals surface area contributed by atoms with Gasteiger partial charge in [0, 0.05) is 35.1 Å². The molecule has 1 aliphatic heterocycles. The van der Waals surface area contributed by atoms with Crippen molar-refractivity contribution in [3.63, 3.8) is 0 Å². The molecular formula is C17H21ClN2O2S2. The zero-order valence-electron chi connectivity index (χ0n) is 13.7. The van der Waals surface area contributed by atoms with Crippen LogP contribution in [0, 0.1) is 0 Å². The maximum absolute atomic E-state index is 12.3. The summed E-state index contributed by atoms with van der Waals surface area (Å²) in [6.07, 6.45) is 1.02. The number of halogens is 1. The molecular weight excluding hydrogens is 364 g/mol. The van der Waals surface area contributed by atoms with E-state index in [9.17, 15) is 8.42 Å². The Morgan fingerprint density at radius 1 is 1.25 bits per heavy atom. The molecule has 0 fully saturated rings. The number of rotatable bonds is 5. The second kappa shape index (κ2) is 7.14. The summed E-state index contributed by atoms with van der Waals surface area (Å²) < 4.78 is 27.4. The Kier molecular flexibility index (Phi) is 5.32. The normalized spacial score (nSPS) is 21.6. The number of fused-ring (bicyclic) bond motifs is 1. The predicted molar refractivity (Wildman–Crippen MR) is 99.2 cm³/mol. The molecule has 0 amide bonds. The summed E-state index contributed by atoms with van der Waals surface area (Å²) in [7, 11) is -3.50. The van der Waals surface area contributed by atoms with Gasteiger partial charge >= 0.3 is 0 Å². The highest BCUT2D eigenvalue weighted by molar-refractivity contribution is 7.89. The second-order valence-corrected chi connectivity index (χ2v) is 9.28. The fourth-order valence-corrected chi connectivity index (χ4v) is 5.43. The summed E-state index contributed by atoms with van der Waals surface area (Å²) in [6, 6.07) is 9.15. The van der Waals surface area contributed by atoms with Gasteiger partial charge in [0.2, 0.25) is 10.0 Å². The van der Waals surface area contributed by atoms with Crippen LogP contribution in [0.15, 0.2) is 40.6 Å². The van der Waals surface area contributed by atoms with Crippen molar-refractivity contribution < 1.29 is 8.42 Å². The summed E-state index contributed by atoms with van der Waals surface area (Å²) in [5.74, 6) is 0. The molecule has 0 spiro atoms. The van der Waals surface area contributed by atoms with Crippen LogP contribution in [0.4, 0.5) is 0 Å². The number of benzene rings is 1. The number of hydrogen-bond acceptors (Lipinski definition) is 4. The minimum absolute atomic E-state index is 0.243. The molecule has 0 saturated carbocycles. The number of nitrogens with one attached hydrogen (secondary N) is 1. The average molecular weight is 385 g/mol. The minimum Gasteiger partial charge on any atom is -0.291 e. The third-order valence-corrected chi connectivity index (χ3v) is 7.38. The lowest BCUT2D eigenvalue weighted by Crippen LogP contribution is -2.44. The van der Waals surface area contributed by atoms with E-state index in [0.29, 0.717) is 30.2 Å². The van der Waals surface area contributed by atoms with E-state index in [0.717, 1.165) is 6.42 Å². The number of nitrogens with zero attached hydrogens (tertiary/aromatic N) is 1. The first-order valence-corrected chi connectivity index (χ1v) is 10.7. The monoisotopic (exact) mass is 384 g/mol. The van der Waals surface area contributed by atoms with Gasteiger partial charge in [-0.3, -0.25) is 4.90 Å². The van der Waals surface area contributed by atoms with Crippen LogP contribution in [0.2, 0.25) is 5.02 Å². The first-order valence-electron chi connectivity index (χ1n) is 7.96. The molecule has 0 bridgehead atoms. The van der Waals surface area contributed by atoms with E-state index in [2.05, 4.69) is 34.9 Å². The van der Waals surface area contributed by atoms with Gasteiger partial charge in [0.05, 0.1) is 4.90 Å². The van der Waals surface area contributed by atoms with E-state index in [4.69, 9.17) is 11.6 Å². The molecule has 2 aromatic rings. The summed E-state index contributed by atoms with van der Waals surface area (Å²) >= 11 is 7.59. The Morgan fingerprint density at radius 3 is 2.67 bits per heavy atom. The zero-order valence-corrected chi connectivity index (χ0v) is 16.1. The van der Waals surface area contributed by atoms with Gasteiger partial charge in [0.1, 0.15) is 0 Å². The van der Waals surface area contributed by atoms with Crippen LogP contribution >= 0.6 is 22.9 Å². The van der Waals surface area contributed by atoms with Gasteiger partial charge in [-0.2, -0.15) is 0 Å². The minimum atomic E-state index is -3.50. The van der Waals surface area contributed by atoms with E-state index in [-0.39, 0.29) is 4.90 Å². The largest absolute Gasteiger partial charge is 0.291 e. The van der Waals surface area contributed by atoms with Crippen molar-refractivity contribution in [3.8, 4) is 0 Å². The number of hydrogen-bond donors (Lipinski definition) is 1. The molecule has 1 N–H and O–H groups in total. The summed E-state index contributed by atoms with van der Waals surface area (Å²) in [5.41, 5.74) is 1.43. The summed E-state index contributed by atoms with van der Waals surface area (Å²) in [5, 5.41) is 2.66. The Labute approximate surface area is 152 Å². The van der Waals surface area contributed by atoms with E-state index in [1.807, 2.05) is 0 Å². The Bertz CT molecular complexity index is 802. The van der Waals surface area contributed by atoms with Crippen molar-refractivity contribution in [3.05, 3.63) is 51.2 Å². The van der Waals surface area contributed by atoms with E-state index in [1.54, 1.807) is 23.5 Å². The van der Waals surface area contributed by atoms with Crippen LogP contribution in [0.25, 0.3) is 0 Å². The Balaban J connectivity index is 1.63. The highest BCUT2D eigenvalue weighted by Gasteiger charge is 2.29. The summed E-state index contributed by atoms with van der Waals surface area (Å²) in [6.45, 7) is 5.47. The number of thiophene rings is 1. The van der Waals surface area contributed by atoms with Crippen LogP contribution in [0.3, 0.4) is 0 Å². The third kappa shape index (κ3) is 3.68. The van der Waals surface area contributed by atoms with Gasteiger partial charge in [-0.15, -0.1) is 11.3 Å². The van der Waals surface area contributed by atoms with Crippen molar-refractivity contribution >= 4 is 33.0 Å². The van der Waals surface area contributed by atoms with Crippen molar-refractivity contribution in [2.75, 3.05) is 13.1 Å². The van der Waals surface area contributed by atoms with Gasteiger partial charge < -0.3 is 0 Å². The molecule has 0 unspecified atom stereocenters. The molecule has 0 saturated heterocycles. The van der Waals surface area contributed by atoms with E-state index >= 15 is 0 Å². The average Bonchev–Trinajstić information content (AvgIpc) is 2.99. The van der Waals surface area contributed by atoms with Gasteiger partial charge in [-0.1, -0.05) is 11.6 Å². The third-order valence-electron chi connectivity index (χ3n) is 4.53. The molecule has 2 atom stereocenters. The molecule has 0 radical (unpaired) electrons. The molecule has 24 heavy (non-hydrogen) atoms. The van der Waals surface area contributed by atoms with Crippen molar-refractivity contribution in [1.29, 1.82) is 0 Å². The fraction of sp³-hybridized carbons (Fsp3) is 0.412. The van der Waals surface area contributed by atoms with Crippen LogP contribution in [0.5, 0.6) is 0 Å². The molecule has 0 aliphatic carbocycles. The molecule has 2 heterocycles. The van der Waals surface area contributed by atoms with Crippen LogP contribution in [-0.2, 0) is 16.4 Å². The maximum atomic E-state index is 12.3. The SMILES string of the molecule is C[C@@H]1Cc2ccsc2[C@H](C)N1CCNS(=O)(=O)c1ccc(Cl)cc1. The quantitative estimate of drug-likeness (QED) is 0.855. The standard InChI is InChI=1S/C17H21ClN2O2S2/c1-12-11-14-7-10-23-17(14)13(2)20(12)9-8-19-24(21,22)16-5-3-15(18)4-6-16/h3-7,10,12-13,19H,8-9,11H2,1-2H3/t12-,13+/m1/s1. The molecule has 7 heteroatoms. The Hall–Kier alpha value is -0.920. The van der Waals surface area contributed by atoms with Gasteiger partial charge in [-0.25, -0.2) is 13.1 Å². The zero-order chi connectivity index (χ0) is 17.3. The van der Waals surface area contributed by atoms with Crippen LogP contribution in [-0.4, -0.2) is 32.4 Å². The highest BCUT2D eigenvalue weighted by atomic mass is 35.5. The molecule has 130 valence electrons. The topological polar surface area (TPSA) is 49.4 Å². The lowest BCUT2D eigenvalue weighted by Gasteiger charge is -2.38. The summed E-state index contributed by atoms with van der Waals surface area (Å²) in [4.78, 5) is 4.00. The lowest BCUT2D eigenvalue weighted by molar-refractivity contribution is 0.145. The maximum Gasteiger partial charge on any atom is 0.240 e.